The first-order valence-corrected chi connectivity index (χ1v) is 32.9. The van der Waals surface area contributed by atoms with Crippen LogP contribution in [-0.4, -0.2) is 0 Å². The van der Waals surface area contributed by atoms with Gasteiger partial charge in [0.2, 0.25) is 0 Å². The van der Waals surface area contributed by atoms with E-state index in [2.05, 4.69) is 64.1 Å². The van der Waals surface area contributed by atoms with Gasteiger partial charge in [0.1, 0.15) is 35.4 Å². The Hall–Kier alpha value is -3.24. The molecule has 0 aliphatic rings. The standard InChI is InChI=1S/C64H92N4S4/c1-5-9-13-17-21-25-29-33-37-49(38-34-30-26-22-18-14-10-6-2)41-55-59(51(45-65)46-66)71-61-53-43-58-54(44-57(53)69-63(55)61)62-64(70-58)56(60(72-62)52(47-67)48-68)42-50(39-35-31-27-23-19-15-11-7-3)40-36-32-28-24-20-16-12-8-4/h43-44,49-50H,5-42H2,1-4H3. The fourth-order valence-corrected chi connectivity index (χ4v) is 16.9. The summed E-state index contributed by atoms with van der Waals surface area (Å²) in [6, 6.07) is 14.0. The lowest BCUT2D eigenvalue weighted by Crippen LogP contribution is -2.13. The maximum absolute atomic E-state index is 10.3. The summed E-state index contributed by atoms with van der Waals surface area (Å²) >= 11 is 7.05. The Morgan fingerprint density at radius 3 is 0.847 bits per heavy atom. The van der Waals surface area contributed by atoms with Gasteiger partial charge in [0.15, 0.2) is 0 Å². The molecule has 1 aromatic carbocycles. The molecule has 5 rings (SSSR count). The first-order chi connectivity index (χ1) is 35.5. The van der Waals surface area contributed by atoms with Gasteiger partial charge in [-0.05, 0) is 47.9 Å². The molecule has 4 heterocycles. The van der Waals surface area contributed by atoms with Crippen LogP contribution in [0.2, 0.25) is 0 Å². The zero-order valence-corrected chi connectivity index (χ0v) is 48.9. The lowest BCUT2D eigenvalue weighted by molar-refractivity contribution is 0.400. The van der Waals surface area contributed by atoms with Crippen LogP contribution in [0.3, 0.4) is 0 Å². The average molecular weight is 1050 g/mol. The van der Waals surface area contributed by atoms with Crippen molar-refractivity contribution >= 4 is 95.5 Å². The normalized spacial score (nSPS) is 11.7. The van der Waals surface area contributed by atoms with Crippen molar-refractivity contribution in [1.82, 2.24) is 0 Å². The summed E-state index contributed by atoms with van der Waals surface area (Å²) in [7, 11) is 0. The van der Waals surface area contributed by atoms with Crippen LogP contribution in [0.4, 0.5) is 0 Å². The van der Waals surface area contributed by atoms with Gasteiger partial charge in [-0.2, -0.15) is 21.0 Å². The van der Waals surface area contributed by atoms with Gasteiger partial charge < -0.3 is 0 Å². The van der Waals surface area contributed by atoms with Crippen LogP contribution in [-0.2, 0) is 12.8 Å². The minimum atomic E-state index is 0.259. The average Bonchev–Trinajstić information content (AvgIpc) is 4.13. The van der Waals surface area contributed by atoms with E-state index >= 15 is 0 Å². The Labute approximate surface area is 453 Å². The first kappa shape index (κ1) is 59.6. The van der Waals surface area contributed by atoms with Crippen molar-refractivity contribution in [3.05, 3.63) is 32.3 Å². The highest BCUT2D eigenvalue weighted by atomic mass is 32.1. The van der Waals surface area contributed by atoms with E-state index in [1.54, 1.807) is 22.7 Å². The lowest BCUT2D eigenvalue weighted by Gasteiger charge is -2.17. The maximum atomic E-state index is 10.3. The van der Waals surface area contributed by atoms with Crippen molar-refractivity contribution in [2.24, 2.45) is 11.8 Å². The second-order valence-corrected chi connectivity index (χ2v) is 25.7. The van der Waals surface area contributed by atoms with Crippen molar-refractivity contribution < 1.29 is 0 Å². The van der Waals surface area contributed by atoms with E-state index in [0.717, 1.165) is 21.9 Å². The summed E-state index contributed by atoms with van der Waals surface area (Å²) < 4.78 is 9.27. The molecule has 0 fully saturated rings. The quantitative estimate of drug-likeness (QED) is 0.0365. The molecule has 4 aromatic heterocycles. The number of rotatable bonds is 40. The van der Waals surface area contributed by atoms with Gasteiger partial charge in [-0.25, -0.2) is 0 Å². The molecule has 392 valence electrons. The van der Waals surface area contributed by atoms with E-state index in [-0.39, 0.29) is 11.1 Å². The molecule has 0 saturated carbocycles. The van der Waals surface area contributed by atoms with Crippen LogP contribution < -0.4 is 9.06 Å². The Bertz CT molecular complexity index is 2390. The molecule has 0 amide bonds. The highest BCUT2D eigenvalue weighted by molar-refractivity contribution is 7.34. The second-order valence-electron chi connectivity index (χ2n) is 21.6. The summed E-state index contributed by atoms with van der Waals surface area (Å²) in [6.07, 6.45) is 49.0. The number of nitriles is 4. The number of hydrogen-bond donors (Lipinski definition) is 0. The van der Waals surface area contributed by atoms with Crippen molar-refractivity contribution in [3.8, 4) is 24.3 Å². The van der Waals surface area contributed by atoms with Crippen LogP contribution in [0.5, 0.6) is 0 Å². The summed E-state index contributed by atoms with van der Waals surface area (Å²) in [5.74, 6) is 1.08. The zero-order valence-electron chi connectivity index (χ0n) is 45.6. The number of hydrogen-bond acceptors (Lipinski definition) is 8. The predicted octanol–water partition coefficient (Wildman–Crippen LogP) is 21.4. The zero-order chi connectivity index (χ0) is 51.2. The molecular weight excluding hydrogens is 953 g/mol. The maximum Gasteiger partial charge on any atom is 0.147 e. The molecule has 5 aromatic rings. The topological polar surface area (TPSA) is 95.2 Å². The van der Waals surface area contributed by atoms with Crippen molar-refractivity contribution in [3.63, 3.8) is 0 Å². The Balaban J connectivity index is 1.46. The molecule has 0 N–H and O–H groups in total. The molecular formula is C64H92N4S4. The second kappa shape index (κ2) is 35.1. The monoisotopic (exact) mass is 1040 g/mol. The fourth-order valence-electron chi connectivity index (χ4n) is 11.3. The molecule has 0 aliphatic carbocycles. The molecule has 0 radical (unpaired) electrons. The van der Waals surface area contributed by atoms with Crippen LogP contribution in [0.15, 0.2) is 12.1 Å². The molecule has 8 heteroatoms. The van der Waals surface area contributed by atoms with E-state index < -0.39 is 0 Å². The fraction of sp³-hybridized carbons (Fsp3) is 0.688. The smallest absolute Gasteiger partial charge is 0.147 e. The minimum Gasteiger partial charge on any atom is -0.192 e. The Kier molecular flexibility index (Phi) is 29.1. The molecule has 4 nitrogen and oxygen atoms in total. The Morgan fingerprint density at radius 2 is 0.597 bits per heavy atom. The van der Waals surface area contributed by atoms with Gasteiger partial charge in [-0.15, -0.1) is 45.3 Å². The van der Waals surface area contributed by atoms with Crippen LogP contribution in [0.25, 0.3) is 50.1 Å². The highest BCUT2D eigenvalue weighted by Gasteiger charge is 2.24. The number of benzene rings is 1. The molecule has 72 heavy (non-hydrogen) atoms. The van der Waals surface area contributed by atoms with Crippen LogP contribution >= 0.6 is 45.3 Å². The molecule has 0 bridgehead atoms. The molecule has 0 saturated heterocycles. The summed E-state index contributed by atoms with van der Waals surface area (Å²) in [4.78, 5) is 0. The van der Waals surface area contributed by atoms with Crippen molar-refractivity contribution in [1.29, 1.82) is 21.0 Å². The minimum absolute atomic E-state index is 0.259. The third-order valence-electron chi connectivity index (χ3n) is 15.7. The molecule has 0 atom stereocenters. The molecule has 0 unspecified atom stereocenters. The van der Waals surface area contributed by atoms with E-state index in [1.807, 2.05) is 22.7 Å². The lowest BCUT2D eigenvalue weighted by atomic mass is 9.88. The summed E-state index contributed by atoms with van der Waals surface area (Å²) in [5, 5.41) is 43.8. The third kappa shape index (κ3) is 18.5. The number of unbranched alkanes of at least 4 members (excludes halogenated alkanes) is 28. The SMILES string of the molecule is CCCCCCCCCCC(CCCCCCCCCC)Cc1c(=C(C#N)C#N)sc2c1sc1cc3c(cc12)sc1c(CC(CCCCCCCCCC)CCCCCCCCCC)c(=C(C#N)C#N)sc13. The summed E-state index contributed by atoms with van der Waals surface area (Å²) in [6.45, 7) is 9.16. The molecule has 0 aliphatic heterocycles. The van der Waals surface area contributed by atoms with Gasteiger partial charge in [0.25, 0.3) is 0 Å². The van der Waals surface area contributed by atoms with Gasteiger partial charge in [0, 0.05) is 20.2 Å². The molecule has 0 spiro atoms. The largest absolute Gasteiger partial charge is 0.192 e. The summed E-state index contributed by atoms with van der Waals surface area (Å²) in [5.41, 5.74) is 2.98. The van der Waals surface area contributed by atoms with E-state index in [1.165, 1.54) is 281 Å². The van der Waals surface area contributed by atoms with Crippen LogP contribution in [0, 0.1) is 57.2 Å². The van der Waals surface area contributed by atoms with Gasteiger partial charge >= 0.3 is 0 Å². The highest BCUT2D eigenvalue weighted by Crippen LogP contribution is 2.46. The van der Waals surface area contributed by atoms with Gasteiger partial charge in [0.05, 0.1) is 27.9 Å². The first-order valence-electron chi connectivity index (χ1n) is 29.7. The Morgan fingerprint density at radius 1 is 0.347 bits per heavy atom. The van der Waals surface area contributed by atoms with E-state index in [4.69, 9.17) is 0 Å². The third-order valence-corrected chi connectivity index (χ3v) is 20.9. The number of nitrogens with zero attached hydrogens (tertiary/aromatic N) is 4. The number of fused-ring (bicyclic) bond motifs is 6. The van der Waals surface area contributed by atoms with E-state index in [0.29, 0.717) is 11.8 Å². The van der Waals surface area contributed by atoms with Crippen molar-refractivity contribution in [2.75, 3.05) is 0 Å². The van der Waals surface area contributed by atoms with E-state index in [9.17, 15) is 21.0 Å². The van der Waals surface area contributed by atoms with Crippen molar-refractivity contribution in [2.45, 2.75) is 272 Å². The predicted molar refractivity (Wildman–Crippen MR) is 320 cm³/mol. The number of thiophene rings is 4. The van der Waals surface area contributed by atoms with Crippen LogP contribution in [0.1, 0.15) is 270 Å². The van der Waals surface area contributed by atoms with Gasteiger partial charge in [-0.3, -0.25) is 0 Å². The van der Waals surface area contributed by atoms with Gasteiger partial charge in [-0.1, -0.05) is 259 Å².